The van der Waals surface area contributed by atoms with Crippen molar-refractivity contribution in [1.29, 1.82) is 0 Å². The Balaban J connectivity index is 1.44. The van der Waals surface area contributed by atoms with E-state index in [9.17, 15) is 0 Å². The van der Waals surface area contributed by atoms with Crippen molar-refractivity contribution in [2.75, 3.05) is 23.3 Å². The molecule has 0 spiro atoms. The number of nitrogens with zero attached hydrogens (tertiary/aromatic N) is 4. The van der Waals surface area contributed by atoms with Crippen molar-refractivity contribution in [1.82, 2.24) is 15.0 Å². The van der Waals surface area contributed by atoms with E-state index in [1.165, 1.54) is 30.6 Å². The van der Waals surface area contributed by atoms with Crippen LogP contribution in [-0.2, 0) is 6.54 Å². The van der Waals surface area contributed by atoms with Crippen LogP contribution in [0.4, 0.5) is 11.6 Å². The number of nitrogens with one attached hydrogen (secondary N) is 1. The number of aromatic nitrogens is 3. The second kappa shape index (κ2) is 7.35. The lowest BCUT2D eigenvalue weighted by atomic mass is 10.2. The van der Waals surface area contributed by atoms with Crippen LogP contribution in [0.25, 0.3) is 10.2 Å². The van der Waals surface area contributed by atoms with Crippen LogP contribution in [0.1, 0.15) is 36.1 Å². The predicted molar refractivity (Wildman–Crippen MR) is 104 cm³/mol. The van der Waals surface area contributed by atoms with Crippen LogP contribution < -0.4 is 10.2 Å². The maximum atomic E-state index is 4.68. The molecule has 0 bridgehead atoms. The van der Waals surface area contributed by atoms with Crippen LogP contribution in [0.15, 0.2) is 30.7 Å². The van der Waals surface area contributed by atoms with Gasteiger partial charge in [-0.05, 0) is 37.5 Å². The molecule has 25 heavy (non-hydrogen) atoms. The van der Waals surface area contributed by atoms with Gasteiger partial charge in [-0.2, -0.15) is 0 Å². The van der Waals surface area contributed by atoms with Gasteiger partial charge in [0.25, 0.3) is 0 Å². The van der Waals surface area contributed by atoms with Crippen LogP contribution in [0.3, 0.4) is 0 Å². The molecule has 1 fully saturated rings. The Morgan fingerprint density at radius 3 is 2.68 bits per heavy atom. The van der Waals surface area contributed by atoms with Crippen LogP contribution in [0.2, 0.25) is 0 Å². The number of anilines is 2. The number of hydrogen-bond donors (Lipinski definition) is 1. The van der Waals surface area contributed by atoms with E-state index in [4.69, 9.17) is 0 Å². The molecule has 0 unspecified atom stereocenters. The Labute approximate surface area is 152 Å². The van der Waals surface area contributed by atoms with Gasteiger partial charge in [0.1, 0.15) is 22.8 Å². The van der Waals surface area contributed by atoms with Gasteiger partial charge in [-0.15, -0.1) is 11.3 Å². The summed E-state index contributed by atoms with van der Waals surface area (Å²) in [5.41, 5.74) is 1.16. The zero-order valence-electron chi connectivity index (χ0n) is 14.5. The van der Waals surface area contributed by atoms with Gasteiger partial charge in [0.05, 0.1) is 5.39 Å². The molecule has 130 valence electrons. The number of rotatable bonds is 4. The van der Waals surface area contributed by atoms with Crippen LogP contribution >= 0.6 is 11.3 Å². The van der Waals surface area contributed by atoms with E-state index < -0.39 is 0 Å². The molecule has 0 atom stereocenters. The molecule has 1 aliphatic rings. The highest BCUT2D eigenvalue weighted by Gasteiger charge is 2.11. The molecule has 4 heterocycles. The third-order valence-corrected chi connectivity index (χ3v) is 5.61. The zero-order chi connectivity index (χ0) is 17.1. The maximum Gasteiger partial charge on any atom is 0.138 e. The van der Waals surface area contributed by atoms with E-state index in [1.54, 1.807) is 17.7 Å². The van der Waals surface area contributed by atoms with Crippen molar-refractivity contribution in [2.24, 2.45) is 0 Å². The van der Waals surface area contributed by atoms with Crippen LogP contribution in [0.5, 0.6) is 0 Å². The highest BCUT2D eigenvalue weighted by atomic mass is 32.1. The highest BCUT2D eigenvalue weighted by molar-refractivity contribution is 7.18. The summed E-state index contributed by atoms with van der Waals surface area (Å²) in [7, 11) is 0. The summed E-state index contributed by atoms with van der Waals surface area (Å²) in [4.78, 5) is 18.1. The Kier molecular flexibility index (Phi) is 4.78. The molecule has 3 aromatic heterocycles. The van der Waals surface area contributed by atoms with Crippen molar-refractivity contribution in [3.05, 3.63) is 41.2 Å². The summed E-state index contributed by atoms with van der Waals surface area (Å²) in [5, 5.41) is 4.52. The molecule has 4 rings (SSSR count). The molecule has 3 aromatic rings. The summed E-state index contributed by atoms with van der Waals surface area (Å²) in [6, 6.07) is 6.45. The molecule has 0 radical (unpaired) electrons. The minimum Gasteiger partial charge on any atom is -0.365 e. The van der Waals surface area contributed by atoms with Crippen molar-refractivity contribution in [3.63, 3.8) is 0 Å². The minimum absolute atomic E-state index is 0.717. The third kappa shape index (κ3) is 3.74. The quantitative estimate of drug-likeness (QED) is 0.754. The molecular weight excluding hydrogens is 330 g/mol. The standard InChI is InChI=1S/C19H23N5S/c1-14-10-16-18(22-13-23-19(16)25-14)21-12-15-6-7-17(20-11-15)24-8-4-2-3-5-9-24/h6-7,10-11,13H,2-5,8-9,12H2,1H3,(H,21,22,23). The number of aryl methyl sites for hydroxylation is 1. The molecule has 5 nitrogen and oxygen atoms in total. The van der Waals surface area contributed by atoms with Crippen molar-refractivity contribution < 1.29 is 0 Å². The molecule has 0 aromatic carbocycles. The second-order valence-corrected chi connectivity index (χ2v) is 7.81. The molecule has 1 saturated heterocycles. The van der Waals surface area contributed by atoms with E-state index in [2.05, 4.69) is 50.3 Å². The van der Waals surface area contributed by atoms with Gasteiger partial charge >= 0.3 is 0 Å². The van der Waals surface area contributed by atoms with Gasteiger partial charge in [0.2, 0.25) is 0 Å². The van der Waals surface area contributed by atoms with Gasteiger partial charge in [-0.1, -0.05) is 18.9 Å². The first-order valence-electron chi connectivity index (χ1n) is 8.94. The summed E-state index contributed by atoms with van der Waals surface area (Å²) >= 11 is 1.70. The number of thiophene rings is 1. The monoisotopic (exact) mass is 353 g/mol. The Bertz CT molecular complexity index is 835. The second-order valence-electron chi connectivity index (χ2n) is 6.58. The van der Waals surface area contributed by atoms with Crippen LogP contribution in [0, 0.1) is 6.92 Å². The summed E-state index contributed by atoms with van der Waals surface area (Å²) < 4.78 is 0. The van der Waals surface area contributed by atoms with Gasteiger partial charge < -0.3 is 10.2 Å². The van der Waals surface area contributed by atoms with Gasteiger partial charge in [-0.3, -0.25) is 0 Å². The first-order valence-corrected chi connectivity index (χ1v) is 9.76. The van der Waals surface area contributed by atoms with Crippen LogP contribution in [-0.4, -0.2) is 28.0 Å². The van der Waals surface area contributed by atoms with Crippen molar-refractivity contribution in [3.8, 4) is 0 Å². The minimum atomic E-state index is 0.717. The smallest absolute Gasteiger partial charge is 0.138 e. The molecule has 0 aliphatic carbocycles. The Morgan fingerprint density at radius 2 is 1.92 bits per heavy atom. The fraction of sp³-hybridized carbons (Fsp3) is 0.421. The van der Waals surface area contributed by atoms with E-state index in [-0.39, 0.29) is 0 Å². The third-order valence-electron chi connectivity index (χ3n) is 4.65. The SMILES string of the molecule is Cc1cc2c(NCc3ccc(N4CCCCCC4)nc3)ncnc2s1. The first-order chi connectivity index (χ1) is 12.3. The molecule has 1 aliphatic heterocycles. The predicted octanol–water partition coefficient (Wildman–Crippen LogP) is 4.39. The average Bonchev–Trinajstić information content (AvgIpc) is 2.84. The summed E-state index contributed by atoms with van der Waals surface area (Å²) in [6.45, 7) is 5.07. The highest BCUT2D eigenvalue weighted by Crippen LogP contribution is 2.27. The molecular formula is C19H23N5S. The zero-order valence-corrected chi connectivity index (χ0v) is 15.4. The normalized spacial score (nSPS) is 15.3. The van der Waals surface area contributed by atoms with E-state index in [0.717, 1.165) is 40.5 Å². The lowest BCUT2D eigenvalue weighted by molar-refractivity contribution is 0.726. The Morgan fingerprint density at radius 1 is 1.08 bits per heavy atom. The maximum absolute atomic E-state index is 4.68. The largest absolute Gasteiger partial charge is 0.365 e. The number of fused-ring (bicyclic) bond motifs is 1. The number of hydrogen-bond acceptors (Lipinski definition) is 6. The fourth-order valence-electron chi connectivity index (χ4n) is 3.31. The van der Waals surface area contributed by atoms with Crippen molar-refractivity contribution in [2.45, 2.75) is 39.2 Å². The average molecular weight is 353 g/mol. The number of pyridine rings is 1. The fourth-order valence-corrected chi connectivity index (χ4v) is 4.16. The first kappa shape index (κ1) is 16.3. The van der Waals surface area contributed by atoms with E-state index >= 15 is 0 Å². The van der Waals surface area contributed by atoms with E-state index in [1.807, 2.05) is 6.20 Å². The molecule has 1 N–H and O–H groups in total. The Hall–Kier alpha value is -2.21. The molecule has 0 saturated carbocycles. The topological polar surface area (TPSA) is 53.9 Å². The van der Waals surface area contributed by atoms with Crippen molar-refractivity contribution >= 4 is 33.2 Å². The molecule has 6 heteroatoms. The summed E-state index contributed by atoms with van der Waals surface area (Å²) in [5.74, 6) is 1.99. The van der Waals surface area contributed by atoms with Gasteiger partial charge in [0, 0.05) is 30.7 Å². The van der Waals surface area contributed by atoms with E-state index in [0.29, 0.717) is 6.54 Å². The van der Waals surface area contributed by atoms with Gasteiger partial charge in [-0.25, -0.2) is 15.0 Å². The lowest BCUT2D eigenvalue weighted by Gasteiger charge is -2.21. The lowest BCUT2D eigenvalue weighted by Crippen LogP contribution is -2.24. The van der Waals surface area contributed by atoms with Gasteiger partial charge in [0.15, 0.2) is 0 Å². The molecule has 0 amide bonds. The summed E-state index contributed by atoms with van der Waals surface area (Å²) in [6.07, 6.45) is 8.83.